The number of amides is 1. The Bertz CT molecular complexity index is 1240. The lowest BCUT2D eigenvalue weighted by molar-refractivity contribution is -0.162. The number of alkyl carbamates (subject to hydrolysis) is 1. The number of carbonyl (C=O) groups is 3. The van der Waals surface area contributed by atoms with Crippen molar-refractivity contribution in [2.75, 3.05) is 13.7 Å². The molecule has 5 aliphatic carbocycles. The minimum Gasteiger partial charge on any atom is -0.453 e. The second kappa shape index (κ2) is 8.52. The molecule has 0 aromatic carbocycles. The Kier molecular flexibility index (Phi) is 6.14. The van der Waals surface area contributed by atoms with Crippen molar-refractivity contribution in [3.8, 4) is 6.07 Å². The minimum absolute atomic E-state index is 0.0207. The highest BCUT2D eigenvalue weighted by molar-refractivity contribution is 6.05. The number of hydrogen-bond acceptors (Lipinski definition) is 6. The number of rotatable bonds is 2. The van der Waals surface area contributed by atoms with E-state index in [0.717, 1.165) is 50.5 Å². The predicted molar refractivity (Wildman–Crippen MR) is 146 cm³/mol. The highest BCUT2D eigenvalue weighted by Crippen LogP contribution is 2.73. The van der Waals surface area contributed by atoms with Gasteiger partial charge >= 0.3 is 6.09 Å². The average molecular weight is 537 g/mol. The lowest BCUT2D eigenvalue weighted by Gasteiger charge is -2.69. The zero-order chi connectivity index (χ0) is 28.8. The van der Waals surface area contributed by atoms with E-state index in [-0.39, 0.29) is 57.7 Å². The maximum Gasteiger partial charge on any atom is 0.407 e. The fraction of sp³-hybridized carbons (Fsp3) is 0.750. The number of Topliss-reactive ketones (excluding diaryl/α,β-unsaturated/α-hetero) is 1. The van der Waals surface area contributed by atoms with E-state index in [9.17, 15) is 24.8 Å². The van der Waals surface area contributed by atoms with E-state index in [4.69, 9.17) is 4.74 Å². The molecule has 0 radical (unpaired) electrons. The van der Waals surface area contributed by atoms with Gasteiger partial charge in [0.05, 0.1) is 24.7 Å². The molecule has 3 fully saturated rings. The van der Waals surface area contributed by atoms with E-state index < -0.39 is 22.5 Å². The molecule has 212 valence electrons. The van der Waals surface area contributed by atoms with Crippen molar-refractivity contribution in [2.24, 2.45) is 44.8 Å². The maximum absolute atomic E-state index is 14.4. The Morgan fingerprint density at radius 1 is 1.10 bits per heavy atom. The Morgan fingerprint density at radius 3 is 2.38 bits per heavy atom. The number of aliphatic hydroxyl groups is 1. The Morgan fingerprint density at radius 2 is 1.77 bits per heavy atom. The molecule has 8 atom stereocenters. The monoisotopic (exact) mass is 536 g/mol. The fourth-order valence-electron chi connectivity index (χ4n) is 10.1. The summed E-state index contributed by atoms with van der Waals surface area (Å²) in [5.41, 5.74) is -1.83. The molecule has 0 aromatic heterocycles. The van der Waals surface area contributed by atoms with Crippen LogP contribution in [0.4, 0.5) is 4.79 Å². The van der Waals surface area contributed by atoms with Crippen molar-refractivity contribution in [1.29, 1.82) is 5.26 Å². The zero-order valence-corrected chi connectivity index (χ0v) is 24.6. The summed E-state index contributed by atoms with van der Waals surface area (Å²) in [5.74, 6) is -0.700. The summed E-state index contributed by atoms with van der Waals surface area (Å²) in [6.07, 6.45) is 8.91. The molecule has 1 amide bonds. The number of carbonyl (C=O) groups excluding carboxylic acids is 3. The van der Waals surface area contributed by atoms with Gasteiger partial charge in [-0.15, -0.1) is 0 Å². The van der Waals surface area contributed by atoms with E-state index in [2.05, 4.69) is 46.0 Å². The van der Waals surface area contributed by atoms with Crippen LogP contribution < -0.4 is 5.32 Å². The molecule has 0 spiro atoms. The molecule has 3 saturated carbocycles. The van der Waals surface area contributed by atoms with Crippen LogP contribution in [0.5, 0.6) is 0 Å². The number of ether oxygens (including phenoxy) is 1. The third-order valence-electron chi connectivity index (χ3n) is 12.6. The fourth-order valence-corrected chi connectivity index (χ4v) is 10.1. The molecule has 5 rings (SSSR count). The van der Waals surface area contributed by atoms with E-state index >= 15 is 0 Å². The van der Waals surface area contributed by atoms with Crippen LogP contribution in [0, 0.1) is 56.2 Å². The summed E-state index contributed by atoms with van der Waals surface area (Å²) in [7, 11) is 1.39. The third-order valence-corrected chi connectivity index (χ3v) is 12.6. The number of hydrogen-bond donors (Lipinski definition) is 2. The molecule has 2 N–H and O–H groups in total. The Balaban J connectivity index is 1.68. The highest BCUT2D eigenvalue weighted by atomic mass is 16.5. The first-order valence-corrected chi connectivity index (χ1v) is 14.5. The van der Waals surface area contributed by atoms with Crippen LogP contribution in [-0.4, -0.2) is 42.0 Å². The van der Waals surface area contributed by atoms with Crippen LogP contribution in [0.25, 0.3) is 0 Å². The summed E-state index contributed by atoms with van der Waals surface area (Å²) in [5, 5.41) is 23.6. The molecule has 0 aromatic rings. The van der Waals surface area contributed by atoms with Crippen LogP contribution in [0.2, 0.25) is 0 Å². The summed E-state index contributed by atoms with van der Waals surface area (Å²) in [4.78, 5) is 40.3. The number of fused-ring (bicyclic) bond motifs is 7. The normalized spacial score (nSPS) is 46.3. The van der Waals surface area contributed by atoms with Crippen LogP contribution in [0.1, 0.15) is 86.5 Å². The van der Waals surface area contributed by atoms with E-state index in [1.165, 1.54) is 7.11 Å². The van der Waals surface area contributed by atoms with Crippen molar-refractivity contribution in [3.05, 3.63) is 23.3 Å². The molecule has 7 nitrogen and oxygen atoms in total. The minimum atomic E-state index is -1.07. The molecular formula is C32H44N2O5. The van der Waals surface area contributed by atoms with Crippen LogP contribution in [-0.2, 0) is 14.3 Å². The zero-order valence-electron chi connectivity index (χ0n) is 24.6. The second-order valence-corrected chi connectivity index (χ2v) is 14.9. The van der Waals surface area contributed by atoms with E-state index in [1.807, 2.05) is 6.08 Å². The largest absolute Gasteiger partial charge is 0.453 e. The summed E-state index contributed by atoms with van der Waals surface area (Å²) in [6.45, 7) is 12.6. The molecule has 7 heteroatoms. The highest BCUT2D eigenvalue weighted by Gasteiger charge is 2.70. The van der Waals surface area contributed by atoms with Gasteiger partial charge in [0.25, 0.3) is 0 Å². The quantitative estimate of drug-likeness (QED) is 0.496. The van der Waals surface area contributed by atoms with Crippen LogP contribution >= 0.6 is 0 Å². The molecule has 39 heavy (non-hydrogen) atoms. The van der Waals surface area contributed by atoms with Gasteiger partial charge in [0, 0.05) is 16.9 Å². The second-order valence-electron chi connectivity index (χ2n) is 14.9. The summed E-state index contributed by atoms with van der Waals surface area (Å²) < 4.78 is 5.05. The number of nitrogens with one attached hydrogen (secondary N) is 1. The lowest BCUT2D eigenvalue weighted by Crippen LogP contribution is -2.69. The molecule has 0 unspecified atom stereocenters. The van der Waals surface area contributed by atoms with Gasteiger partial charge in [-0.1, -0.05) is 46.3 Å². The Hall–Kier alpha value is -2.46. The van der Waals surface area contributed by atoms with Gasteiger partial charge in [-0.2, -0.15) is 5.26 Å². The molecular weight excluding hydrogens is 492 g/mol. The van der Waals surface area contributed by atoms with Gasteiger partial charge in [-0.25, -0.2) is 4.79 Å². The van der Waals surface area contributed by atoms with Crippen molar-refractivity contribution in [2.45, 2.75) is 92.0 Å². The number of allylic oxidation sites excluding steroid dienone is 4. The smallest absolute Gasteiger partial charge is 0.407 e. The van der Waals surface area contributed by atoms with E-state index in [1.54, 1.807) is 13.0 Å². The maximum atomic E-state index is 14.4. The molecule has 0 aliphatic heterocycles. The number of methoxy groups -OCH3 is 1. The average Bonchev–Trinajstić information content (AvgIpc) is 2.88. The van der Waals surface area contributed by atoms with Crippen LogP contribution in [0.3, 0.4) is 0 Å². The summed E-state index contributed by atoms with van der Waals surface area (Å²) in [6, 6.07) is 2.10. The molecule has 0 saturated heterocycles. The third kappa shape index (κ3) is 3.52. The predicted octanol–water partition coefficient (Wildman–Crippen LogP) is 5.29. The van der Waals surface area contributed by atoms with Gasteiger partial charge in [0.1, 0.15) is 6.07 Å². The van der Waals surface area contributed by atoms with E-state index in [0.29, 0.717) is 0 Å². The lowest BCUT2D eigenvalue weighted by atomic mass is 9.35. The summed E-state index contributed by atoms with van der Waals surface area (Å²) >= 11 is 0. The number of nitrogens with zero attached hydrogens (tertiary/aromatic N) is 1. The van der Waals surface area contributed by atoms with Gasteiger partial charge in [-0.05, 0) is 86.0 Å². The first-order chi connectivity index (χ1) is 18.1. The topological polar surface area (TPSA) is 116 Å². The van der Waals surface area contributed by atoms with Gasteiger partial charge in [-0.3, -0.25) is 9.59 Å². The van der Waals surface area contributed by atoms with Crippen LogP contribution in [0.15, 0.2) is 23.3 Å². The van der Waals surface area contributed by atoms with Crippen molar-refractivity contribution in [3.63, 3.8) is 0 Å². The number of nitriles is 1. The van der Waals surface area contributed by atoms with Crippen molar-refractivity contribution in [1.82, 2.24) is 5.32 Å². The van der Waals surface area contributed by atoms with Gasteiger partial charge in [0.15, 0.2) is 11.6 Å². The number of ketones is 2. The van der Waals surface area contributed by atoms with Gasteiger partial charge in [0.2, 0.25) is 0 Å². The van der Waals surface area contributed by atoms with Crippen molar-refractivity contribution < 1.29 is 24.2 Å². The van der Waals surface area contributed by atoms with Crippen molar-refractivity contribution >= 4 is 17.7 Å². The SMILES string of the molecule is COC(=O)N[C@]12CCC(C)(C)C[C@H]1[C@H]1C(=O)C=C3[C@@]4(C)C=C(C#N)C(=O)[C@@](C)(CO)[C@@H]4CC[C@@]3(C)[C@]1(C)CC2. The molecule has 5 aliphatic rings. The standard InChI is InChI=1S/C32H44N2O5/c1-27(2)10-12-32(34-26(38)39-7)13-11-31(6)24(20(32)16-27)21(36)14-23-28(3)15-19(17-33)25(37)29(4,18-35)22(28)8-9-30(23,31)5/h14-15,20,22,24,35H,8-13,16,18H2,1-7H3,(H,34,38)/t20-,22+,24-,28-,29-,30+,31+,32-/m0/s1. The number of aliphatic hydroxyl groups excluding tert-OH is 1. The molecule has 0 bridgehead atoms. The Labute approximate surface area is 232 Å². The molecule has 0 heterocycles. The first kappa shape index (κ1) is 28.1. The van der Waals surface area contributed by atoms with Gasteiger partial charge < -0.3 is 15.2 Å². The first-order valence-electron chi connectivity index (χ1n) is 14.5.